The molecule has 4 nitrogen and oxygen atoms in total. The molecule has 0 aromatic rings. The highest BCUT2D eigenvalue weighted by molar-refractivity contribution is 5.76. The van der Waals surface area contributed by atoms with Crippen molar-refractivity contribution in [2.45, 2.75) is 122 Å². The third kappa shape index (κ3) is 22.7. The number of carbonyl (C=O) groups excluding carboxylic acids is 2. The molecule has 4 heteroatoms. The Bertz CT molecular complexity index is 394. The highest BCUT2D eigenvalue weighted by Crippen LogP contribution is 2.09. The first-order valence-corrected chi connectivity index (χ1v) is 11.9. The van der Waals surface area contributed by atoms with Crippen LogP contribution in [0.1, 0.15) is 122 Å². The summed E-state index contributed by atoms with van der Waals surface area (Å²) in [5.74, 6) is -0.193. The molecule has 0 aliphatic carbocycles. The second kappa shape index (κ2) is 22.0. The van der Waals surface area contributed by atoms with Gasteiger partial charge in [0, 0.05) is 19.4 Å². The lowest BCUT2D eigenvalue weighted by atomic mass is 10.1. The minimum Gasteiger partial charge on any atom is -0.370 e. The largest absolute Gasteiger partial charge is 0.370 e. The van der Waals surface area contributed by atoms with Gasteiger partial charge in [-0.1, -0.05) is 76.9 Å². The summed E-state index contributed by atoms with van der Waals surface area (Å²) < 4.78 is 0. The summed E-state index contributed by atoms with van der Waals surface area (Å²) >= 11 is 0. The monoisotopic (exact) mass is 394 g/mol. The molecule has 0 radical (unpaired) electrons. The zero-order valence-corrected chi connectivity index (χ0v) is 18.5. The van der Waals surface area contributed by atoms with E-state index in [1.807, 2.05) is 0 Å². The van der Waals surface area contributed by atoms with Crippen LogP contribution in [-0.2, 0) is 9.59 Å². The van der Waals surface area contributed by atoms with Crippen molar-refractivity contribution in [3.05, 3.63) is 12.2 Å². The normalized spacial score (nSPS) is 11.2. The van der Waals surface area contributed by atoms with Crippen LogP contribution in [0.4, 0.5) is 0 Å². The number of allylic oxidation sites excluding steroid dienone is 2. The summed E-state index contributed by atoms with van der Waals surface area (Å²) in [6, 6.07) is 0. The third-order valence-corrected chi connectivity index (χ3v) is 5.09. The lowest BCUT2D eigenvalue weighted by Gasteiger charge is -2.05. The number of nitrogens with one attached hydrogen (secondary N) is 1. The van der Waals surface area contributed by atoms with E-state index in [0.29, 0.717) is 19.3 Å². The van der Waals surface area contributed by atoms with Crippen LogP contribution < -0.4 is 11.1 Å². The van der Waals surface area contributed by atoms with Crippen molar-refractivity contribution in [1.29, 1.82) is 0 Å². The van der Waals surface area contributed by atoms with E-state index in [4.69, 9.17) is 5.73 Å². The molecule has 0 aliphatic rings. The van der Waals surface area contributed by atoms with Gasteiger partial charge >= 0.3 is 0 Å². The van der Waals surface area contributed by atoms with E-state index in [2.05, 4.69) is 24.4 Å². The molecule has 0 saturated carbocycles. The fourth-order valence-electron chi connectivity index (χ4n) is 3.27. The Morgan fingerprint density at radius 2 is 1.18 bits per heavy atom. The van der Waals surface area contributed by atoms with Crippen LogP contribution in [0, 0.1) is 0 Å². The number of amides is 2. The smallest absolute Gasteiger partial charge is 0.219 e. The van der Waals surface area contributed by atoms with Gasteiger partial charge in [0.05, 0.1) is 0 Å². The molecular formula is C24H46N2O2. The molecule has 164 valence electrons. The van der Waals surface area contributed by atoms with Crippen LogP contribution in [0.25, 0.3) is 0 Å². The standard InChI is InChI=1S/C24H46N2O2/c1-2-3-4-5-6-7-8-9-10-11-12-13-14-15-16-19-22-26-24(28)21-18-17-20-23(25)27/h9-10H,2-8,11-22H2,1H3,(H2,25,27)(H,26,28)/b10-9-. The molecule has 0 fully saturated rings. The van der Waals surface area contributed by atoms with Crippen LogP contribution in [-0.4, -0.2) is 18.4 Å². The van der Waals surface area contributed by atoms with E-state index in [-0.39, 0.29) is 11.8 Å². The molecule has 3 N–H and O–H groups in total. The van der Waals surface area contributed by atoms with Crippen molar-refractivity contribution >= 4 is 11.8 Å². The fraction of sp³-hybridized carbons (Fsp3) is 0.833. The molecule has 0 atom stereocenters. The van der Waals surface area contributed by atoms with E-state index in [1.165, 1.54) is 83.5 Å². The number of rotatable bonds is 21. The molecule has 0 heterocycles. The fourth-order valence-corrected chi connectivity index (χ4v) is 3.27. The van der Waals surface area contributed by atoms with Crippen LogP contribution in [0.15, 0.2) is 12.2 Å². The van der Waals surface area contributed by atoms with Gasteiger partial charge in [-0.05, 0) is 44.9 Å². The summed E-state index contributed by atoms with van der Waals surface area (Å²) in [6.07, 6.45) is 25.2. The minimum atomic E-state index is -0.287. The second-order valence-corrected chi connectivity index (χ2v) is 7.96. The molecule has 0 aromatic carbocycles. The Morgan fingerprint density at radius 1 is 0.679 bits per heavy atom. The molecule has 28 heavy (non-hydrogen) atoms. The molecule has 0 saturated heterocycles. The Hall–Kier alpha value is -1.32. The minimum absolute atomic E-state index is 0.0946. The van der Waals surface area contributed by atoms with Gasteiger partial charge in [0.15, 0.2) is 0 Å². The van der Waals surface area contributed by atoms with Crippen LogP contribution in [0.2, 0.25) is 0 Å². The van der Waals surface area contributed by atoms with Gasteiger partial charge in [-0.15, -0.1) is 0 Å². The molecule has 0 spiro atoms. The summed E-state index contributed by atoms with van der Waals surface area (Å²) in [6.45, 7) is 3.04. The number of nitrogens with two attached hydrogens (primary N) is 1. The lowest BCUT2D eigenvalue weighted by molar-refractivity contribution is -0.122. The molecule has 0 aromatic heterocycles. The first-order chi connectivity index (χ1) is 13.7. The van der Waals surface area contributed by atoms with Gasteiger partial charge in [-0.2, -0.15) is 0 Å². The third-order valence-electron chi connectivity index (χ3n) is 5.09. The summed E-state index contributed by atoms with van der Waals surface area (Å²) in [5.41, 5.74) is 5.07. The topological polar surface area (TPSA) is 72.2 Å². The Balaban J connectivity index is 3.19. The predicted molar refractivity (Wildman–Crippen MR) is 120 cm³/mol. The van der Waals surface area contributed by atoms with Crippen molar-refractivity contribution in [2.24, 2.45) is 5.73 Å². The van der Waals surface area contributed by atoms with Gasteiger partial charge in [0.2, 0.25) is 11.8 Å². The Labute approximate surface area is 174 Å². The first-order valence-electron chi connectivity index (χ1n) is 11.9. The molecule has 0 bridgehead atoms. The molecule has 2 amide bonds. The van der Waals surface area contributed by atoms with Gasteiger partial charge in [0.25, 0.3) is 0 Å². The zero-order valence-electron chi connectivity index (χ0n) is 18.5. The zero-order chi connectivity index (χ0) is 20.7. The van der Waals surface area contributed by atoms with E-state index >= 15 is 0 Å². The van der Waals surface area contributed by atoms with Crippen LogP contribution in [0.3, 0.4) is 0 Å². The van der Waals surface area contributed by atoms with E-state index < -0.39 is 0 Å². The van der Waals surface area contributed by atoms with Gasteiger partial charge in [0.1, 0.15) is 0 Å². The Kier molecular flexibility index (Phi) is 20.9. The first kappa shape index (κ1) is 26.7. The number of unbranched alkanes of at least 4 members (excludes halogenated alkanes) is 13. The Morgan fingerprint density at radius 3 is 1.75 bits per heavy atom. The molecule has 0 aliphatic heterocycles. The second-order valence-electron chi connectivity index (χ2n) is 7.96. The van der Waals surface area contributed by atoms with E-state index in [1.54, 1.807) is 0 Å². The maximum atomic E-state index is 11.6. The average molecular weight is 395 g/mol. The van der Waals surface area contributed by atoms with Gasteiger partial charge in [-0.3, -0.25) is 9.59 Å². The summed E-state index contributed by atoms with van der Waals surface area (Å²) in [4.78, 5) is 22.2. The number of hydrogen-bond acceptors (Lipinski definition) is 2. The maximum Gasteiger partial charge on any atom is 0.219 e. The quantitative estimate of drug-likeness (QED) is 0.180. The molecular weight excluding hydrogens is 348 g/mol. The van der Waals surface area contributed by atoms with Crippen molar-refractivity contribution in [1.82, 2.24) is 5.32 Å². The highest BCUT2D eigenvalue weighted by atomic mass is 16.1. The van der Waals surface area contributed by atoms with Crippen molar-refractivity contribution < 1.29 is 9.59 Å². The SMILES string of the molecule is CCCCCCCC/C=C\CCCCCCCCNC(=O)CCCCC(N)=O. The van der Waals surface area contributed by atoms with Crippen molar-refractivity contribution in [3.63, 3.8) is 0 Å². The van der Waals surface area contributed by atoms with Crippen molar-refractivity contribution in [3.8, 4) is 0 Å². The van der Waals surface area contributed by atoms with Crippen LogP contribution in [0.5, 0.6) is 0 Å². The van der Waals surface area contributed by atoms with Gasteiger partial charge in [-0.25, -0.2) is 0 Å². The average Bonchev–Trinajstić information content (AvgIpc) is 2.67. The predicted octanol–water partition coefficient (Wildman–Crippen LogP) is 6.19. The van der Waals surface area contributed by atoms with Gasteiger partial charge < -0.3 is 11.1 Å². The summed E-state index contributed by atoms with van der Waals surface area (Å²) in [7, 11) is 0. The maximum absolute atomic E-state index is 11.6. The number of primary amides is 1. The summed E-state index contributed by atoms with van der Waals surface area (Å²) in [5, 5.41) is 2.96. The van der Waals surface area contributed by atoms with Crippen molar-refractivity contribution in [2.75, 3.05) is 6.54 Å². The van der Waals surface area contributed by atoms with E-state index in [0.717, 1.165) is 19.4 Å². The lowest BCUT2D eigenvalue weighted by Crippen LogP contribution is -2.24. The highest BCUT2D eigenvalue weighted by Gasteiger charge is 2.01. The van der Waals surface area contributed by atoms with E-state index in [9.17, 15) is 9.59 Å². The van der Waals surface area contributed by atoms with Crippen LogP contribution >= 0.6 is 0 Å². The number of hydrogen-bond donors (Lipinski definition) is 2. The molecule has 0 rings (SSSR count). The number of carbonyl (C=O) groups is 2. The molecule has 0 unspecified atom stereocenters.